The van der Waals surface area contributed by atoms with Crippen LogP contribution in [0.1, 0.15) is 23.9 Å². The van der Waals surface area contributed by atoms with Crippen LogP contribution in [-0.2, 0) is 20.1 Å². The normalized spacial score (nSPS) is 11.5. The van der Waals surface area contributed by atoms with Gasteiger partial charge in [0, 0.05) is 13.6 Å². The van der Waals surface area contributed by atoms with E-state index in [1.165, 1.54) is 11.1 Å². The summed E-state index contributed by atoms with van der Waals surface area (Å²) in [5.41, 5.74) is 2.45. The molecule has 0 saturated heterocycles. The van der Waals surface area contributed by atoms with Gasteiger partial charge in [-0.3, -0.25) is 4.68 Å². The van der Waals surface area contributed by atoms with E-state index in [1.54, 1.807) is 11.0 Å². The summed E-state index contributed by atoms with van der Waals surface area (Å²) in [4.78, 5) is 8.76. The fourth-order valence-electron chi connectivity index (χ4n) is 1.85. The second-order valence-electron chi connectivity index (χ2n) is 4.83. The van der Waals surface area contributed by atoms with Crippen molar-refractivity contribution in [2.75, 3.05) is 6.54 Å². The molecule has 6 nitrogen and oxygen atoms in total. The Kier molecular flexibility index (Phi) is 5.31. The van der Waals surface area contributed by atoms with Crippen LogP contribution in [0.3, 0.4) is 0 Å². The Morgan fingerprint density at radius 3 is 2.62 bits per heavy atom. The molecular weight excluding hydrogens is 264 g/mol. The molecular formula is C15H22N6. The summed E-state index contributed by atoms with van der Waals surface area (Å²) in [5.74, 6) is 1.65. The highest BCUT2D eigenvalue weighted by atomic mass is 15.3. The number of benzene rings is 1. The van der Waals surface area contributed by atoms with Crippen molar-refractivity contribution in [1.29, 1.82) is 0 Å². The predicted molar refractivity (Wildman–Crippen MR) is 83.8 cm³/mol. The van der Waals surface area contributed by atoms with E-state index in [9.17, 15) is 0 Å². The van der Waals surface area contributed by atoms with Crippen LogP contribution in [0.15, 0.2) is 35.6 Å². The number of guanidine groups is 1. The maximum absolute atomic E-state index is 4.58. The van der Waals surface area contributed by atoms with Gasteiger partial charge in [0.15, 0.2) is 5.96 Å². The number of rotatable bonds is 5. The average Bonchev–Trinajstić information content (AvgIpc) is 2.89. The Morgan fingerprint density at radius 2 is 2.00 bits per heavy atom. The zero-order valence-electron chi connectivity index (χ0n) is 12.8. The lowest BCUT2D eigenvalue weighted by molar-refractivity contribution is 0.673. The molecule has 0 aliphatic heterocycles. The lowest BCUT2D eigenvalue weighted by Crippen LogP contribution is -2.37. The van der Waals surface area contributed by atoms with Gasteiger partial charge in [-0.05, 0) is 19.4 Å². The van der Waals surface area contributed by atoms with Crippen molar-refractivity contribution >= 4 is 5.96 Å². The van der Waals surface area contributed by atoms with Gasteiger partial charge < -0.3 is 10.6 Å². The Morgan fingerprint density at radius 1 is 1.24 bits per heavy atom. The van der Waals surface area contributed by atoms with Crippen LogP contribution >= 0.6 is 0 Å². The Labute approximate surface area is 125 Å². The second-order valence-corrected chi connectivity index (χ2v) is 4.83. The van der Waals surface area contributed by atoms with Crippen LogP contribution in [0.5, 0.6) is 0 Å². The molecule has 1 heterocycles. The highest BCUT2D eigenvalue weighted by Gasteiger charge is 2.02. The predicted octanol–water partition coefficient (Wildman–Crippen LogP) is 1.38. The minimum absolute atomic E-state index is 0.593. The van der Waals surface area contributed by atoms with E-state index in [1.807, 2.05) is 14.0 Å². The van der Waals surface area contributed by atoms with Crippen molar-refractivity contribution in [2.24, 2.45) is 12.0 Å². The number of nitrogens with zero attached hydrogens (tertiary/aromatic N) is 4. The molecule has 0 bridgehead atoms. The van der Waals surface area contributed by atoms with Crippen molar-refractivity contribution in [3.05, 3.63) is 47.5 Å². The second kappa shape index (κ2) is 7.42. The minimum atomic E-state index is 0.593. The van der Waals surface area contributed by atoms with Gasteiger partial charge in [0.2, 0.25) is 0 Å². The van der Waals surface area contributed by atoms with E-state index in [0.29, 0.717) is 13.1 Å². The first-order valence-corrected chi connectivity index (χ1v) is 7.09. The van der Waals surface area contributed by atoms with Gasteiger partial charge in [0.1, 0.15) is 12.2 Å². The molecule has 2 aromatic rings. The summed E-state index contributed by atoms with van der Waals surface area (Å²) in [7, 11) is 1.88. The molecule has 0 amide bonds. The highest BCUT2D eigenvalue weighted by molar-refractivity contribution is 5.79. The van der Waals surface area contributed by atoms with Gasteiger partial charge in [-0.15, -0.1) is 0 Å². The lowest BCUT2D eigenvalue weighted by Gasteiger charge is -2.10. The zero-order chi connectivity index (χ0) is 15.1. The fraction of sp³-hybridized carbons (Fsp3) is 0.400. The highest BCUT2D eigenvalue weighted by Crippen LogP contribution is 2.04. The first kappa shape index (κ1) is 15.0. The van der Waals surface area contributed by atoms with Crippen LogP contribution in [0, 0.1) is 6.92 Å². The van der Waals surface area contributed by atoms with Crippen molar-refractivity contribution in [2.45, 2.75) is 26.9 Å². The summed E-state index contributed by atoms with van der Waals surface area (Å²) in [6, 6.07) is 8.41. The minimum Gasteiger partial charge on any atom is -0.357 e. The van der Waals surface area contributed by atoms with Crippen molar-refractivity contribution in [3.8, 4) is 0 Å². The maximum Gasteiger partial charge on any atom is 0.191 e. The molecule has 0 saturated carbocycles. The van der Waals surface area contributed by atoms with Gasteiger partial charge in [0.25, 0.3) is 0 Å². The van der Waals surface area contributed by atoms with Crippen molar-refractivity contribution < 1.29 is 0 Å². The molecule has 0 atom stereocenters. The van der Waals surface area contributed by atoms with Gasteiger partial charge in [-0.2, -0.15) is 5.10 Å². The Bertz CT molecular complexity index is 584. The summed E-state index contributed by atoms with van der Waals surface area (Å²) < 4.78 is 1.75. The fourth-order valence-corrected chi connectivity index (χ4v) is 1.85. The molecule has 112 valence electrons. The summed E-state index contributed by atoms with van der Waals surface area (Å²) in [6.45, 7) is 6.19. The Balaban J connectivity index is 1.95. The molecule has 0 aliphatic rings. The quantitative estimate of drug-likeness (QED) is 0.644. The van der Waals surface area contributed by atoms with Gasteiger partial charge in [-0.1, -0.05) is 29.8 Å². The lowest BCUT2D eigenvalue weighted by atomic mass is 10.1. The van der Waals surface area contributed by atoms with E-state index in [0.717, 1.165) is 18.3 Å². The van der Waals surface area contributed by atoms with E-state index in [2.05, 4.69) is 56.9 Å². The van der Waals surface area contributed by atoms with Crippen molar-refractivity contribution in [1.82, 2.24) is 25.4 Å². The number of nitrogens with one attached hydrogen (secondary N) is 2. The number of aromatic nitrogens is 3. The molecule has 6 heteroatoms. The summed E-state index contributed by atoms with van der Waals surface area (Å²) in [5, 5.41) is 10.5. The molecule has 21 heavy (non-hydrogen) atoms. The summed E-state index contributed by atoms with van der Waals surface area (Å²) >= 11 is 0. The van der Waals surface area contributed by atoms with E-state index in [4.69, 9.17) is 0 Å². The topological polar surface area (TPSA) is 67.1 Å². The molecule has 2 rings (SSSR count). The van der Waals surface area contributed by atoms with Crippen LogP contribution < -0.4 is 10.6 Å². The maximum atomic E-state index is 4.58. The third kappa shape index (κ3) is 4.59. The summed E-state index contributed by atoms with van der Waals surface area (Å²) in [6.07, 6.45) is 1.55. The number of aliphatic imine (C=N–C) groups is 1. The Hall–Kier alpha value is -2.37. The van der Waals surface area contributed by atoms with Crippen molar-refractivity contribution in [3.63, 3.8) is 0 Å². The first-order chi connectivity index (χ1) is 10.2. The average molecular weight is 286 g/mol. The standard InChI is InChI=1S/C15H22N6/c1-4-16-15(18-10-14-19-11-20-21(14)3)17-9-13-7-5-12(2)6-8-13/h5-8,11H,4,9-10H2,1-3H3,(H2,16,17,18). The largest absolute Gasteiger partial charge is 0.357 e. The van der Waals surface area contributed by atoms with Crippen LogP contribution in [0.25, 0.3) is 0 Å². The molecule has 1 aromatic carbocycles. The third-order valence-corrected chi connectivity index (χ3v) is 3.10. The monoisotopic (exact) mass is 286 g/mol. The molecule has 0 spiro atoms. The number of hydrogen-bond acceptors (Lipinski definition) is 3. The van der Waals surface area contributed by atoms with E-state index >= 15 is 0 Å². The van der Waals surface area contributed by atoms with Gasteiger partial charge >= 0.3 is 0 Å². The smallest absolute Gasteiger partial charge is 0.191 e. The third-order valence-electron chi connectivity index (χ3n) is 3.10. The van der Waals surface area contributed by atoms with Crippen LogP contribution in [0.4, 0.5) is 0 Å². The number of hydrogen-bond donors (Lipinski definition) is 2. The van der Waals surface area contributed by atoms with E-state index in [-0.39, 0.29) is 0 Å². The first-order valence-electron chi connectivity index (χ1n) is 7.09. The number of aryl methyl sites for hydroxylation is 2. The molecule has 0 fully saturated rings. The molecule has 2 N–H and O–H groups in total. The molecule has 0 aliphatic carbocycles. The molecule has 1 aromatic heterocycles. The molecule has 0 radical (unpaired) electrons. The van der Waals surface area contributed by atoms with Gasteiger partial charge in [0.05, 0.1) is 13.1 Å². The van der Waals surface area contributed by atoms with Crippen LogP contribution in [-0.4, -0.2) is 27.3 Å². The molecule has 0 unspecified atom stereocenters. The van der Waals surface area contributed by atoms with Gasteiger partial charge in [-0.25, -0.2) is 9.98 Å². The van der Waals surface area contributed by atoms with Crippen LogP contribution in [0.2, 0.25) is 0 Å². The van der Waals surface area contributed by atoms with E-state index < -0.39 is 0 Å². The SMILES string of the molecule is CCNC(=NCc1ccc(C)cc1)NCc1ncnn1C. The zero-order valence-corrected chi connectivity index (χ0v) is 12.8.